The molecule has 0 saturated carbocycles. The smallest absolute Gasteiger partial charge is 0.256 e. The van der Waals surface area contributed by atoms with Crippen LogP contribution in [-0.4, -0.2) is 13.4 Å². The first-order valence-electron chi connectivity index (χ1n) is 46.3. The van der Waals surface area contributed by atoms with Gasteiger partial charge in [-0.15, -0.1) is 0 Å². The summed E-state index contributed by atoms with van der Waals surface area (Å²) in [6, 6.07) is 141. The standard InChI is InChI=1S/C123H105B2N3O/c1-118(2,3)83-49-38-48-80(62-83)81-63-108-114-109(64-81)127(116-94(76-40-20-16-21-41-76)70-86(121(10,11)12)71-95(116)77-42-22-17-23-43-77)105-60-36-34-58-101(105)124(114)103-74-104-111(75-107(103)126(108)88-68-84(119(4,5)6)67-85(69-88)120(7,8)9)129-112-66-82(89-53-39-54-93-92-52-30-33-57-100(92)123(113(89)93)98-55-31-28-50-90(98)91-51-29-32-56-99(91)123)65-110-115(112)125(104)102-59-35-37-61-106(102)128(110)117-96(78-44-24-18-25-45-78)72-87(122(13,14)15)73-97(117)79-46-26-19-27-47-79/h16-75H,1-15H3. The van der Waals surface area contributed by atoms with Gasteiger partial charge in [-0.05, 0) is 249 Å². The fraction of sp³-hybridized carbons (Fsp3) is 0.171. The van der Waals surface area contributed by atoms with Crippen LogP contribution in [0.4, 0.5) is 51.2 Å². The zero-order valence-corrected chi connectivity index (χ0v) is 76.5. The van der Waals surface area contributed by atoms with Crippen molar-refractivity contribution in [3.05, 3.63) is 414 Å². The van der Waals surface area contributed by atoms with Gasteiger partial charge in [0.05, 0.1) is 16.8 Å². The molecule has 17 aromatic rings. The molecule has 4 heterocycles. The van der Waals surface area contributed by atoms with E-state index in [1.807, 2.05) is 0 Å². The topological polar surface area (TPSA) is 19.0 Å². The van der Waals surface area contributed by atoms with Gasteiger partial charge < -0.3 is 19.4 Å². The molecular weight excluding hydrogens is 1560 g/mol. The van der Waals surface area contributed by atoms with Crippen molar-refractivity contribution in [2.75, 3.05) is 14.7 Å². The summed E-state index contributed by atoms with van der Waals surface area (Å²) in [7, 11) is 0. The van der Waals surface area contributed by atoms with Crippen LogP contribution in [-0.2, 0) is 32.5 Å². The van der Waals surface area contributed by atoms with E-state index >= 15 is 0 Å². The monoisotopic (exact) mass is 1660 g/mol. The molecule has 6 aliphatic rings. The lowest BCUT2D eigenvalue weighted by molar-refractivity contribution is 0.488. The van der Waals surface area contributed by atoms with Gasteiger partial charge in [-0.3, -0.25) is 0 Å². The normalized spacial score (nSPS) is 14.1. The van der Waals surface area contributed by atoms with Crippen LogP contribution in [0.1, 0.15) is 154 Å². The highest BCUT2D eigenvalue weighted by Crippen LogP contribution is 2.66. The van der Waals surface area contributed by atoms with Gasteiger partial charge in [-0.1, -0.05) is 389 Å². The molecule has 4 aliphatic heterocycles. The molecule has 0 saturated heterocycles. The molecular formula is C123H105B2N3O. The van der Waals surface area contributed by atoms with Crippen molar-refractivity contribution >= 4 is 97.4 Å². The van der Waals surface area contributed by atoms with Crippen molar-refractivity contribution in [3.8, 4) is 101 Å². The van der Waals surface area contributed by atoms with Crippen LogP contribution in [0.25, 0.3) is 89.0 Å². The number of ether oxygens (including phenoxy) is 1. The summed E-state index contributed by atoms with van der Waals surface area (Å²) >= 11 is 0. The maximum Gasteiger partial charge on any atom is 0.256 e. The molecule has 0 unspecified atom stereocenters. The van der Waals surface area contributed by atoms with Crippen LogP contribution in [0, 0.1) is 0 Å². The molecule has 23 rings (SSSR count). The maximum absolute atomic E-state index is 8.46. The van der Waals surface area contributed by atoms with Gasteiger partial charge in [0, 0.05) is 68.1 Å². The lowest BCUT2D eigenvalue weighted by Crippen LogP contribution is -2.64. The highest BCUT2D eigenvalue weighted by molar-refractivity contribution is 7.02. The minimum absolute atomic E-state index is 0.131. The Hall–Kier alpha value is -13.9. The molecule has 1 spiro atoms. The van der Waals surface area contributed by atoms with E-state index in [2.05, 4.69) is 483 Å². The molecule has 0 atom stereocenters. The zero-order valence-electron chi connectivity index (χ0n) is 76.5. The first-order valence-corrected chi connectivity index (χ1v) is 46.3. The summed E-state index contributed by atoms with van der Waals surface area (Å²) in [5, 5.41) is 0. The molecule has 2 aliphatic carbocycles. The number of fused-ring (bicyclic) bond motifs is 18. The first kappa shape index (κ1) is 79.7. The largest absolute Gasteiger partial charge is 0.458 e. The third kappa shape index (κ3) is 12.5. The molecule has 6 heteroatoms. The van der Waals surface area contributed by atoms with E-state index in [-0.39, 0.29) is 40.5 Å². The van der Waals surface area contributed by atoms with Crippen molar-refractivity contribution in [2.45, 2.75) is 136 Å². The predicted molar refractivity (Wildman–Crippen MR) is 549 cm³/mol. The number of anilines is 9. The van der Waals surface area contributed by atoms with E-state index in [9.17, 15) is 0 Å². The van der Waals surface area contributed by atoms with Crippen LogP contribution < -0.4 is 52.2 Å². The van der Waals surface area contributed by atoms with Gasteiger partial charge in [0.15, 0.2) is 0 Å². The molecule has 17 aromatic carbocycles. The summed E-state index contributed by atoms with van der Waals surface area (Å²) < 4.78 is 8.46. The fourth-order valence-electron chi connectivity index (χ4n) is 22.4. The number of rotatable bonds is 9. The Morgan fingerprint density at radius 3 is 1.05 bits per heavy atom. The van der Waals surface area contributed by atoms with E-state index < -0.39 is 5.41 Å². The Bertz CT molecular complexity index is 7280. The number of benzene rings is 17. The van der Waals surface area contributed by atoms with Gasteiger partial charge in [0.2, 0.25) is 0 Å². The number of nitrogens with zero attached hydrogens (tertiary/aromatic N) is 3. The average molecular weight is 1660 g/mol. The maximum atomic E-state index is 8.46. The zero-order chi connectivity index (χ0) is 88.3. The van der Waals surface area contributed by atoms with E-state index in [1.54, 1.807) is 0 Å². The number of hydrogen-bond acceptors (Lipinski definition) is 4. The lowest BCUT2D eigenvalue weighted by Gasteiger charge is -2.46. The summed E-state index contributed by atoms with van der Waals surface area (Å²) in [4.78, 5) is 8.07. The van der Waals surface area contributed by atoms with Crippen molar-refractivity contribution in [1.82, 2.24) is 0 Å². The van der Waals surface area contributed by atoms with Gasteiger partial charge in [-0.2, -0.15) is 0 Å². The van der Waals surface area contributed by atoms with Gasteiger partial charge in [-0.25, -0.2) is 0 Å². The highest BCUT2D eigenvalue weighted by Gasteiger charge is 2.55. The van der Waals surface area contributed by atoms with Crippen LogP contribution in [0.15, 0.2) is 364 Å². The van der Waals surface area contributed by atoms with Crippen LogP contribution in [0.5, 0.6) is 11.5 Å². The Balaban J connectivity index is 0.851. The molecule has 0 N–H and O–H groups in total. The van der Waals surface area contributed by atoms with Crippen molar-refractivity contribution < 1.29 is 4.74 Å². The van der Waals surface area contributed by atoms with Gasteiger partial charge in [0.1, 0.15) is 11.5 Å². The van der Waals surface area contributed by atoms with Gasteiger partial charge in [0.25, 0.3) is 13.4 Å². The minimum Gasteiger partial charge on any atom is -0.458 e. The second kappa shape index (κ2) is 29.0. The third-order valence-corrected chi connectivity index (χ3v) is 28.8. The Kier molecular flexibility index (Phi) is 17.9. The van der Waals surface area contributed by atoms with Crippen LogP contribution >= 0.6 is 0 Å². The van der Waals surface area contributed by atoms with E-state index in [0.717, 1.165) is 129 Å². The summed E-state index contributed by atoms with van der Waals surface area (Å²) in [5.41, 5.74) is 45.9. The van der Waals surface area contributed by atoms with Crippen molar-refractivity contribution in [3.63, 3.8) is 0 Å². The quantitative estimate of drug-likeness (QED) is 0.134. The van der Waals surface area contributed by atoms with Crippen LogP contribution in [0.3, 0.4) is 0 Å². The highest BCUT2D eigenvalue weighted by atomic mass is 16.5. The van der Waals surface area contributed by atoms with Crippen LogP contribution in [0.2, 0.25) is 0 Å². The van der Waals surface area contributed by atoms with E-state index in [1.165, 1.54) is 105 Å². The first-order chi connectivity index (χ1) is 62.2. The Morgan fingerprint density at radius 1 is 0.217 bits per heavy atom. The Labute approximate surface area is 762 Å². The van der Waals surface area contributed by atoms with Gasteiger partial charge >= 0.3 is 0 Å². The Morgan fingerprint density at radius 2 is 0.581 bits per heavy atom. The molecule has 0 radical (unpaired) electrons. The second-order valence-corrected chi connectivity index (χ2v) is 41.9. The minimum atomic E-state index is -0.653. The second-order valence-electron chi connectivity index (χ2n) is 41.9. The molecule has 4 nitrogen and oxygen atoms in total. The van der Waals surface area contributed by atoms with E-state index in [4.69, 9.17) is 4.74 Å². The third-order valence-electron chi connectivity index (χ3n) is 28.8. The molecule has 0 bridgehead atoms. The SMILES string of the molecule is CC(C)(C)c1cccc(-c2cc3c4c(c2)N(c2c(-c5ccccc5)cc(C(C)(C)C)cc2-c2ccccc2)c2ccccc2B4c2cc4c(cc2N3c2cc(C(C)(C)C)cc(C(C)(C)C)c2)Oc2cc(-c3cccc5c3C3(c6ccccc6-c6ccccc63)c3ccccc3-5)cc3c2B4c2ccccc2N3c2c(-c3ccccc3)cc(C(C)(C)C)cc2-c2ccccc2)c1. The molecule has 0 amide bonds. The summed E-state index contributed by atoms with van der Waals surface area (Å²) in [6.07, 6.45) is 0. The van der Waals surface area contributed by atoms with Crippen molar-refractivity contribution in [2.24, 2.45) is 0 Å². The fourth-order valence-corrected chi connectivity index (χ4v) is 22.4. The molecule has 624 valence electrons. The molecule has 0 fully saturated rings. The summed E-state index contributed by atoms with van der Waals surface area (Å²) in [5.74, 6) is 1.66. The predicted octanol–water partition coefficient (Wildman–Crippen LogP) is 29.0. The lowest BCUT2D eigenvalue weighted by atomic mass is 9.30. The number of para-hydroxylation sites is 2. The van der Waals surface area contributed by atoms with E-state index in [0.29, 0.717) is 0 Å². The number of hydrogen-bond donors (Lipinski definition) is 0. The molecule has 0 aromatic heterocycles. The van der Waals surface area contributed by atoms with Crippen molar-refractivity contribution in [1.29, 1.82) is 0 Å². The molecule has 129 heavy (non-hydrogen) atoms. The summed E-state index contributed by atoms with van der Waals surface area (Å²) in [6.45, 7) is 34.8. The average Bonchev–Trinajstić information content (AvgIpc) is 1.53.